The second-order valence-electron chi connectivity index (χ2n) is 5.60. The van der Waals surface area contributed by atoms with Crippen molar-refractivity contribution in [2.45, 2.75) is 38.0 Å². The zero-order valence-electron chi connectivity index (χ0n) is 12.5. The number of aryl methyl sites for hydroxylation is 1. The van der Waals surface area contributed by atoms with Crippen molar-refractivity contribution in [1.82, 2.24) is 4.31 Å². The first kappa shape index (κ1) is 16.4. The number of nitrogens with zero attached hydrogens (tertiary/aromatic N) is 1. The summed E-state index contributed by atoms with van der Waals surface area (Å²) in [6.45, 7) is 5.21. The van der Waals surface area contributed by atoms with Gasteiger partial charge in [-0.05, 0) is 43.4 Å². The lowest BCUT2D eigenvalue weighted by atomic mass is 9.96. The molecule has 0 saturated carbocycles. The van der Waals surface area contributed by atoms with Gasteiger partial charge in [-0.2, -0.15) is 4.31 Å². The van der Waals surface area contributed by atoms with Crippen LogP contribution in [0.2, 0.25) is 0 Å². The van der Waals surface area contributed by atoms with Gasteiger partial charge in [-0.15, -0.1) is 0 Å². The normalized spacial score (nSPS) is 17.8. The number of nitrogens with two attached hydrogens (primary N) is 1. The molecule has 6 heteroatoms. The van der Waals surface area contributed by atoms with Crippen molar-refractivity contribution in [2.24, 2.45) is 11.7 Å². The van der Waals surface area contributed by atoms with Gasteiger partial charge in [-0.25, -0.2) is 8.42 Å². The van der Waals surface area contributed by atoms with Crippen LogP contribution in [0.5, 0.6) is 0 Å². The predicted molar refractivity (Wildman–Crippen MR) is 88.8 cm³/mol. The molecular formula is C15H22N2O2S2. The monoisotopic (exact) mass is 326 g/mol. The maximum atomic E-state index is 12.7. The highest BCUT2D eigenvalue weighted by Crippen LogP contribution is 2.26. The van der Waals surface area contributed by atoms with E-state index in [1.54, 1.807) is 22.5 Å². The second-order valence-corrected chi connectivity index (χ2v) is 7.97. The molecule has 0 unspecified atom stereocenters. The van der Waals surface area contributed by atoms with Gasteiger partial charge in [0.05, 0.1) is 4.90 Å². The van der Waals surface area contributed by atoms with Crippen LogP contribution in [-0.4, -0.2) is 30.8 Å². The van der Waals surface area contributed by atoms with E-state index in [1.807, 2.05) is 6.92 Å². The smallest absolute Gasteiger partial charge is 0.243 e. The highest BCUT2D eigenvalue weighted by molar-refractivity contribution is 7.89. The third kappa shape index (κ3) is 3.44. The second kappa shape index (κ2) is 6.42. The maximum absolute atomic E-state index is 12.7. The Kier molecular flexibility index (Phi) is 5.01. The molecule has 1 aliphatic heterocycles. The lowest BCUT2D eigenvalue weighted by molar-refractivity contribution is 0.269. The van der Waals surface area contributed by atoms with E-state index >= 15 is 0 Å². The van der Waals surface area contributed by atoms with E-state index in [9.17, 15) is 8.42 Å². The van der Waals surface area contributed by atoms with Crippen LogP contribution in [0.25, 0.3) is 0 Å². The fourth-order valence-corrected chi connectivity index (χ4v) is 4.56. The molecule has 21 heavy (non-hydrogen) atoms. The summed E-state index contributed by atoms with van der Waals surface area (Å²) in [6, 6.07) is 4.96. The van der Waals surface area contributed by atoms with Crippen molar-refractivity contribution < 1.29 is 8.42 Å². The van der Waals surface area contributed by atoms with Crippen LogP contribution in [0.15, 0.2) is 23.1 Å². The number of hydrogen-bond donors (Lipinski definition) is 1. The van der Waals surface area contributed by atoms with Gasteiger partial charge < -0.3 is 5.73 Å². The van der Waals surface area contributed by atoms with Crippen molar-refractivity contribution in [2.75, 3.05) is 13.1 Å². The van der Waals surface area contributed by atoms with Crippen molar-refractivity contribution in [3.63, 3.8) is 0 Å². The highest BCUT2D eigenvalue weighted by atomic mass is 32.2. The zero-order chi connectivity index (χ0) is 15.6. The Morgan fingerprint density at radius 3 is 2.48 bits per heavy atom. The van der Waals surface area contributed by atoms with E-state index in [4.69, 9.17) is 18.0 Å². The van der Waals surface area contributed by atoms with Crippen LogP contribution in [0.1, 0.15) is 37.3 Å². The predicted octanol–water partition coefficient (Wildman–Crippen LogP) is 2.44. The van der Waals surface area contributed by atoms with Crippen LogP contribution < -0.4 is 5.73 Å². The summed E-state index contributed by atoms with van der Waals surface area (Å²) in [5.74, 6) is 0.648. The molecule has 1 heterocycles. The number of rotatable bonds is 4. The zero-order valence-corrected chi connectivity index (χ0v) is 14.1. The van der Waals surface area contributed by atoms with Gasteiger partial charge in [0.25, 0.3) is 0 Å². The number of piperidine rings is 1. The van der Waals surface area contributed by atoms with Gasteiger partial charge in [-0.1, -0.05) is 31.6 Å². The fourth-order valence-electron chi connectivity index (χ4n) is 2.78. The van der Waals surface area contributed by atoms with Crippen LogP contribution in [0.4, 0.5) is 0 Å². The Labute approximate surface area is 132 Å². The van der Waals surface area contributed by atoms with Gasteiger partial charge in [0.15, 0.2) is 0 Å². The molecule has 116 valence electrons. The Morgan fingerprint density at radius 1 is 1.38 bits per heavy atom. The number of hydrogen-bond acceptors (Lipinski definition) is 3. The molecular weight excluding hydrogens is 304 g/mol. The summed E-state index contributed by atoms with van der Waals surface area (Å²) in [6.07, 6.45) is 3.01. The van der Waals surface area contributed by atoms with E-state index in [-0.39, 0.29) is 0 Å². The summed E-state index contributed by atoms with van der Waals surface area (Å²) in [5, 5.41) is 0. The van der Waals surface area contributed by atoms with Crippen LogP contribution >= 0.6 is 12.2 Å². The van der Waals surface area contributed by atoms with E-state index in [2.05, 4.69) is 6.92 Å². The summed E-state index contributed by atoms with van der Waals surface area (Å²) in [5.41, 5.74) is 7.15. The largest absolute Gasteiger partial charge is 0.389 e. The summed E-state index contributed by atoms with van der Waals surface area (Å²) in [4.78, 5) is 0.621. The topological polar surface area (TPSA) is 63.4 Å². The summed E-state index contributed by atoms with van der Waals surface area (Å²) in [7, 11) is -3.41. The molecule has 2 rings (SSSR count). The molecule has 1 aromatic carbocycles. The SMILES string of the molecule is CCC1CCN(S(=O)(=O)c2ccc(C(N)=S)c(C)c2)CC1. The van der Waals surface area contributed by atoms with E-state index in [0.29, 0.717) is 28.9 Å². The maximum Gasteiger partial charge on any atom is 0.243 e. The minimum absolute atomic E-state index is 0.292. The van der Waals surface area contributed by atoms with Gasteiger partial charge in [0.1, 0.15) is 4.99 Å². The van der Waals surface area contributed by atoms with E-state index < -0.39 is 10.0 Å². The third-order valence-electron chi connectivity index (χ3n) is 4.25. The highest BCUT2D eigenvalue weighted by Gasteiger charge is 2.29. The molecule has 0 aromatic heterocycles. The first-order chi connectivity index (χ1) is 9.86. The molecule has 0 amide bonds. The number of thiocarbonyl (C=S) groups is 1. The van der Waals surface area contributed by atoms with Gasteiger partial charge >= 0.3 is 0 Å². The molecule has 0 atom stereocenters. The van der Waals surface area contributed by atoms with Crippen molar-refractivity contribution in [3.8, 4) is 0 Å². The molecule has 4 nitrogen and oxygen atoms in total. The molecule has 1 fully saturated rings. The molecule has 2 N–H and O–H groups in total. The van der Waals surface area contributed by atoms with Crippen LogP contribution in [-0.2, 0) is 10.0 Å². The first-order valence-electron chi connectivity index (χ1n) is 7.27. The molecule has 1 aliphatic rings. The van der Waals surface area contributed by atoms with Crippen molar-refractivity contribution in [1.29, 1.82) is 0 Å². The molecule has 0 bridgehead atoms. The Balaban J connectivity index is 2.24. The molecule has 1 saturated heterocycles. The Hall–Kier alpha value is -0.980. The molecule has 0 spiro atoms. The van der Waals surface area contributed by atoms with Crippen molar-refractivity contribution in [3.05, 3.63) is 29.3 Å². The molecule has 0 aliphatic carbocycles. The van der Waals surface area contributed by atoms with Crippen molar-refractivity contribution >= 4 is 27.2 Å². The fraction of sp³-hybridized carbons (Fsp3) is 0.533. The quantitative estimate of drug-likeness (QED) is 0.863. The van der Waals surface area contributed by atoms with Crippen LogP contribution in [0.3, 0.4) is 0 Å². The Bertz CT molecular complexity index is 633. The third-order valence-corrected chi connectivity index (χ3v) is 6.37. The Morgan fingerprint density at radius 2 is 2.00 bits per heavy atom. The average molecular weight is 326 g/mol. The van der Waals surface area contributed by atoms with E-state index in [1.165, 1.54) is 0 Å². The average Bonchev–Trinajstić information content (AvgIpc) is 2.46. The molecule has 0 radical (unpaired) electrons. The number of sulfonamides is 1. The van der Waals surface area contributed by atoms with Gasteiger partial charge in [0.2, 0.25) is 10.0 Å². The van der Waals surface area contributed by atoms with E-state index in [0.717, 1.165) is 30.4 Å². The number of benzene rings is 1. The lowest BCUT2D eigenvalue weighted by Gasteiger charge is -2.30. The standard InChI is InChI=1S/C15H22N2O2S2/c1-3-12-6-8-17(9-7-12)21(18,19)13-4-5-14(15(16)20)11(2)10-13/h4-5,10,12H,3,6-9H2,1-2H3,(H2,16,20). The summed E-state index contributed by atoms with van der Waals surface area (Å²) >= 11 is 4.96. The minimum atomic E-state index is -3.41. The van der Waals surface area contributed by atoms with Gasteiger partial charge in [-0.3, -0.25) is 0 Å². The molecule has 1 aromatic rings. The lowest BCUT2D eigenvalue weighted by Crippen LogP contribution is -2.38. The van der Waals surface area contributed by atoms with Crippen LogP contribution in [0, 0.1) is 12.8 Å². The minimum Gasteiger partial charge on any atom is -0.389 e. The first-order valence-corrected chi connectivity index (χ1v) is 9.11. The van der Waals surface area contributed by atoms with Gasteiger partial charge in [0, 0.05) is 18.7 Å². The summed E-state index contributed by atoms with van der Waals surface area (Å²) < 4.78 is 26.9.